The summed E-state index contributed by atoms with van der Waals surface area (Å²) in [7, 11) is 0. The zero-order chi connectivity index (χ0) is 31.0. The fraction of sp³-hybridized carbons (Fsp3) is 0.235. The molecule has 2 aromatic heterocycles. The lowest BCUT2D eigenvalue weighted by molar-refractivity contribution is -0.115. The van der Waals surface area contributed by atoms with Gasteiger partial charge in [0.05, 0.1) is 16.3 Å². The van der Waals surface area contributed by atoms with Gasteiger partial charge in [-0.1, -0.05) is 42.5 Å². The Morgan fingerprint density at radius 2 is 1.76 bits per heavy atom. The van der Waals surface area contributed by atoms with Crippen LogP contribution in [0.3, 0.4) is 0 Å². The maximum absolute atomic E-state index is 12.8. The first-order chi connectivity index (χ1) is 22.0. The van der Waals surface area contributed by atoms with Crippen molar-refractivity contribution in [3.63, 3.8) is 0 Å². The molecule has 2 aromatic carbocycles. The number of hydrogen-bond donors (Lipinski definition) is 3. The van der Waals surface area contributed by atoms with Crippen molar-refractivity contribution in [2.45, 2.75) is 25.9 Å². The molecule has 0 aliphatic carbocycles. The largest absolute Gasteiger partial charge is 0.348 e. The number of thioether (sulfide) groups is 1. The van der Waals surface area contributed by atoms with Gasteiger partial charge in [-0.2, -0.15) is 0 Å². The van der Waals surface area contributed by atoms with Crippen LogP contribution in [0.1, 0.15) is 40.0 Å². The smallest absolute Gasteiger partial charge is 0.290 e. The molecule has 0 unspecified atom stereocenters. The molecule has 11 heteroatoms. The molecule has 6 rings (SSSR count). The molecule has 4 heterocycles. The van der Waals surface area contributed by atoms with Gasteiger partial charge >= 0.3 is 0 Å². The molecule has 45 heavy (non-hydrogen) atoms. The van der Waals surface area contributed by atoms with Gasteiger partial charge in [0.15, 0.2) is 0 Å². The second-order valence-electron chi connectivity index (χ2n) is 11.0. The third kappa shape index (κ3) is 8.00. The lowest BCUT2D eigenvalue weighted by Crippen LogP contribution is -2.38. The minimum Gasteiger partial charge on any atom is -0.348 e. The summed E-state index contributed by atoms with van der Waals surface area (Å²) in [6.45, 7) is 3.78. The van der Waals surface area contributed by atoms with Crippen molar-refractivity contribution in [3.8, 4) is 11.3 Å². The zero-order valence-electron chi connectivity index (χ0n) is 24.6. The van der Waals surface area contributed by atoms with Crippen LogP contribution in [0, 0.1) is 5.92 Å². The van der Waals surface area contributed by atoms with E-state index < -0.39 is 5.91 Å². The predicted molar refractivity (Wildman–Crippen MR) is 175 cm³/mol. The van der Waals surface area contributed by atoms with Crippen molar-refractivity contribution in [2.24, 2.45) is 5.92 Å². The summed E-state index contributed by atoms with van der Waals surface area (Å²) in [5, 5.41) is 8.49. The lowest BCUT2D eigenvalue weighted by atomic mass is 9.97. The predicted octanol–water partition coefficient (Wildman–Crippen LogP) is 4.80. The molecule has 10 nitrogen and oxygen atoms in total. The van der Waals surface area contributed by atoms with Crippen LogP contribution in [0.25, 0.3) is 17.3 Å². The average Bonchev–Trinajstić information content (AvgIpc) is 3.40. The zero-order valence-corrected chi connectivity index (χ0v) is 25.4. The summed E-state index contributed by atoms with van der Waals surface area (Å²) >= 11 is 0.881. The number of carbonyl (C=O) groups excluding carboxylic acids is 3. The van der Waals surface area contributed by atoms with E-state index in [4.69, 9.17) is 0 Å². The summed E-state index contributed by atoms with van der Waals surface area (Å²) in [6.07, 6.45) is 7.14. The summed E-state index contributed by atoms with van der Waals surface area (Å²) < 4.78 is 0. The van der Waals surface area contributed by atoms with E-state index >= 15 is 0 Å². The van der Waals surface area contributed by atoms with E-state index in [0.717, 1.165) is 73.2 Å². The number of nitrogens with zero attached hydrogens (tertiary/aromatic N) is 4. The van der Waals surface area contributed by atoms with E-state index in [1.54, 1.807) is 18.3 Å². The molecule has 228 valence electrons. The van der Waals surface area contributed by atoms with E-state index in [-0.39, 0.29) is 11.1 Å². The van der Waals surface area contributed by atoms with E-state index in [9.17, 15) is 14.4 Å². The number of amides is 3. The van der Waals surface area contributed by atoms with Gasteiger partial charge in [0.2, 0.25) is 5.95 Å². The molecule has 3 N–H and O–H groups in total. The Hall–Kier alpha value is -4.87. The minimum atomic E-state index is -0.394. The Morgan fingerprint density at radius 3 is 2.56 bits per heavy atom. The number of aromatic nitrogens is 3. The minimum absolute atomic E-state index is 0.115. The number of hydrogen-bond acceptors (Lipinski definition) is 9. The van der Waals surface area contributed by atoms with Crippen LogP contribution in [-0.2, 0) is 17.9 Å². The van der Waals surface area contributed by atoms with Crippen molar-refractivity contribution in [2.75, 3.05) is 24.5 Å². The van der Waals surface area contributed by atoms with Crippen LogP contribution < -0.4 is 20.9 Å². The molecule has 2 aliphatic rings. The summed E-state index contributed by atoms with van der Waals surface area (Å²) in [5.74, 6) is 0.655. The Balaban J connectivity index is 0.982. The van der Waals surface area contributed by atoms with Crippen LogP contribution in [0.4, 0.5) is 10.7 Å². The second kappa shape index (κ2) is 14.3. The van der Waals surface area contributed by atoms with Gasteiger partial charge in [-0.25, -0.2) is 9.97 Å². The van der Waals surface area contributed by atoms with Crippen molar-refractivity contribution in [1.29, 1.82) is 0 Å². The summed E-state index contributed by atoms with van der Waals surface area (Å²) in [4.78, 5) is 52.2. The number of pyridine rings is 1. The van der Waals surface area contributed by atoms with E-state index in [0.29, 0.717) is 34.6 Å². The molecular weight excluding hydrogens is 586 g/mol. The third-order valence-electron chi connectivity index (χ3n) is 7.79. The molecule has 0 radical (unpaired) electrons. The van der Waals surface area contributed by atoms with E-state index in [1.165, 1.54) is 0 Å². The van der Waals surface area contributed by atoms with Crippen molar-refractivity contribution >= 4 is 40.8 Å². The summed E-state index contributed by atoms with van der Waals surface area (Å²) in [5.41, 5.74) is 5.12. The molecule has 0 bridgehead atoms. The molecule has 3 amide bonds. The molecule has 2 saturated heterocycles. The highest BCUT2D eigenvalue weighted by molar-refractivity contribution is 8.18. The Kier molecular flexibility index (Phi) is 9.57. The van der Waals surface area contributed by atoms with Crippen LogP contribution >= 0.6 is 11.8 Å². The maximum Gasteiger partial charge on any atom is 0.290 e. The highest BCUT2D eigenvalue weighted by atomic mass is 32.2. The number of nitrogens with one attached hydrogen (secondary N) is 3. The fourth-order valence-corrected chi connectivity index (χ4v) is 6.02. The molecule has 4 aromatic rings. The topological polar surface area (TPSA) is 129 Å². The number of benzene rings is 2. The van der Waals surface area contributed by atoms with Crippen molar-refractivity contribution < 1.29 is 14.4 Å². The van der Waals surface area contributed by atoms with Crippen LogP contribution in [-0.4, -0.2) is 51.6 Å². The fourth-order valence-electron chi connectivity index (χ4n) is 5.35. The van der Waals surface area contributed by atoms with Gasteiger partial charge in [-0.3, -0.25) is 24.7 Å². The number of piperidine rings is 1. The lowest BCUT2D eigenvalue weighted by Gasteiger charge is -2.32. The molecular formula is C34H33N7O3S. The molecule has 0 atom stereocenters. The van der Waals surface area contributed by atoms with Gasteiger partial charge in [0.1, 0.15) is 0 Å². The van der Waals surface area contributed by atoms with Crippen LogP contribution in [0.5, 0.6) is 0 Å². The molecule has 0 spiro atoms. The van der Waals surface area contributed by atoms with Crippen LogP contribution in [0.2, 0.25) is 0 Å². The SMILES string of the molecule is O=C1NC(=O)C(=Cc2ccnc(N3CCC(CNCc4ccnc(-c5cccc(C(=O)NCc6ccccc6)c5)c4)CC3)n2)S1. The van der Waals surface area contributed by atoms with Crippen molar-refractivity contribution in [3.05, 3.63) is 112 Å². The molecule has 0 saturated carbocycles. The number of carbonyl (C=O) groups is 3. The van der Waals surface area contributed by atoms with E-state index in [2.05, 4.69) is 41.9 Å². The quantitative estimate of drug-likeness (QED) is 0.215. The van der Waals surface area contributed by atoms with Crippen molar-refractivity contribution in [1.82, 2.24) is 30.9 Å². The van der Waals surface area contributed by atoms with Gasteiger partial charge < -0.3 is 15.5 Å². The standard InChI is InChI=1S/C34H33N7O3S/c42-31(38-22-23-5-2-1-3-6-23)27-8-4-7-26(18-27)29-17-25(9-13-36-29)21-35-20-24-11-15-41(16-12-24)33-37-14-10-28(39-33)19-30-32(43)40-34(44)45-30/h1-10,13-14,17-19,24,35H,11-12,15-16,20-22H2,(H,38,42)(H,40,43,44). The monoisotopic (exact) mass is 619 g/mol. The molecule has 2 fully saturated rings. The normalized spacial score (nSPS) is 16.2. The first kappa shape index (κ1) is 30.2. The Bertz CT molecular complexity index is 1720. The van der Waals surface area contributed by atoms with Gasteiger partial charge in [-0.05, 0) is 84.6 Å². The Morgan fingerprint density at radius 1 is 0.933 bits per heavy atom. The van der Waals surface area contributed by atoms with E-state index in [1.807, 2.05) is 66.9 Å². The van der Waals surface area contributed by atoms with Crippen LogP contribution in [0.15, 0.2) is 90.1 Å². The van der Waals surface area contributed by atoms with Gasteiger partial charge in [-0.15, -0.1) is 0 Å². The van der Waals surface area contributed by atoms with Gasteiger partial charge in [0.25, 0.3) is 17.1 Å². The first-order valence-electron chi connectivity index (χ1n) is 14.9. The molecule has 2 aliphatic heterocycles. The number of imide groups is 1. The number of anilines is 1. The highest BCUT2D eigenvalue weighted by Crippen LogP contribution is 2.26. The Labute approximate surface area is 265 Å². The second-order valence-corrected chi connectivity index (χ2v) is 12.0. The third-order valence-corrected chi connectivity index (χ3v) is 8.60. The highest BCUT2D eigenvalue weighted by Gasteiger charge is 2.26. The maximum atomic E-state index is 12.8. The van der Waals surface area contributed by atoms with Gasteiger partial charge in [0, 0.05) is 49.7 Å². The summed E-state index contributed by atoms with van der Waals surface area (Å²) in [6, 6.07) is 23.2. The first-order valence-corrected chi connectivity index (χ1v) is 15.7. The average molecular weight is 620 g/mol. The number of rotatable bonds is 10.